The molecule has 1 aromatic carbocycles. The van der Waals surface area contributed by atoms with Crippen LogP contribution in [0.15, 0.2) is 55.0 Å². The van der Waals surface area contributed by atoms with Crippen molar-refractivity contribution in [3.8, 4) is 22.9 Å². The van der Waals surface area contributed by atoms with Crippen molar-refractivity contribution in [2.75, 3.05) is 0 Å². The lowest BCUT2D eigenvalue weighted by atomic mass is 10.1. The molecule has 0 aliphatic heterocycles. The summed E-state index contributed by atoms with van der Waals surface area (Å²) in [4.78, 5) is 12.9. The highest BCUT2D eigenvalue weighted by atomic mass is 19.1. The van der Waals surface area contributed by atoms with Gasteiger partial charge in [-0.25, -0.2) is 19.3 Å². The normalized spacial score (nSPS) is 11.0. The van der Waals surface area contributed by atoms with E-state index in [4.69, 9.17) is 4.74 Å². The fraction of sp³-hybridized carbons (Fsp3) is 0.105. The second-order valence-corrected chi connectivity index (χ2v) is 5.71. The predicted octanol–water partition coefficient (Wildman–Crippen LogP) is 4.34. The van der Waals surface area contributed by atoms with Crippen LogP contribution in [0.3, 0.4) is 0 Å². The molecule has 4 rings (SSSR count). The van der Waals surface area contributed by atoms with Crippen molar-refractivity contribution in [1.29, 1.82) is 0 Å². The highest BCUT2D eigenvalue weighted by Gasteiger charge is 2.09. The molecule has 0 spiro atoms. The summed E-state index contributed by atoms with van der Waals surface area (Å²) in [6.07, 6.45) is 5.28. The maximum Gasteiger partial charge on any atom is 0.321 e. The highest BCUT2D eigenvalue weighted by Crippen LogP contribution is 2.24. The minimum Gasteiger partial charge on any atom is -0.421 e. The van der Waals surface area contributed by atoms with E-state index in [0.29, 0.717) is 0 Å². The quantitative estimate of drug-likeness (QED) is 0.559. The summed E-state index contributed by atoms with van der Waals surface area (Å²) < 4.78 is 21.0. The molecular formula is C19H15FN4O. The van der Waals surface area contributed by atoms with Gasteiger partial charge in [0.1, 0.15) is 5.65 Å². The first-order chi connectivity index (χ1) is 12.1. The van der Waals surface area contributed by atoms with Crippen LogP contribution in [0.25, 0.3) is 16.8 Å². The molecule has 0 aliphatic rings. The molecule has 0 bridgehead atoms. The van der Waals surface area contributed by atoms with Gasteiger partial charge in [0.25, 0.3) is 0 Å². The summed E-state index contributed by atoms with van der Waals surface area (Å²) in [5, 5.41) is 0. The molecule has 5 nitrogen and oxygen atoms in total. The van der Waals surface area contributed by atoms with Gasteiger partial charge in [-0.15, -0.1) is 0 Å². The van der Waals surface area contributed by atoms with E-state index in [-0.39, 0.29) is 11.8 Å². The van der Waals surface area contributed by atoms with Gasteiger partial charge < -0.3 is 9.14 Å². The van der Waals surface area contributed by atoms with Crippen LogP contribution in [-0.4, -0.2) is 19.4 Å². The van der Waals surface area contributed by atoms with Gasteiger partial charge in [-0.1, -0.05) is 12.1 Å². The molecule has 0 N–H and O–H groups in total. The molecule has 25 heavy (non-hydrogen) atoms. The Balaban J connectivity index is 1.63. The number of fused-ring (bicyclic) bond motifs is 1. The van der Waals surface area contributed by atoms with Crippen molar-refractivity contribution < 1.29 is 9.13 Å². The zero-order valence-corrected chi connectivity index (χ0v) is 13.8. The summed E-state index contributed by atoms with van der Waals surface area (Å²) >= 11 is 0. The first-order valence-electron chi connectivity index (χ1n) is 7.82. The maximum absolute atomic E-state index is 13.6. The number of benzene rings is 1. The Morgan fingerprint density at radius 1 is 1.00 bits per heavy atom. The van der Waals surface area contributed by atoms with Crippen molar-refractivity contribution in [3.63, 3.8) is 0 Å². The standard InChI is InChI=1S/C19H15FN4O/c1-12-13(2)24-8-7-14(9-18(24)23-12)15-10-21-19(22-11-15)25-17-6-4-3-5-16(17)20/h3-11H,1-2H3. The van der Waals surface area contributed by atoms with Crippen LogP contribution in [0.1, 0.15) is 11.4 Å². The number of rotatable bonds is 3. The Hall–Kier alpha value is -3.28. The molecule has 0 aliphatic carbocycles. The average molecular weight is 334 g/mol. The minimum atomic E-state index is -0.453. The van der Waals surface area contributed by atoms with Gasteiger partial charge >= 0.3 is 6.01 Å². The van der Waals surface area contributed by atoms with E-state index in [1.807, 2.05) is 36.6 Å². The Bertz CT molecular complexity index is 1060. The van der Waals surface area contributed by atoms with Crippen molar-refractivity contribution >= 4 is 5.65 Å². The molecule has 0 radical (unpaired) electrons. The van der Waals surface area contributed by atoms with E-state index >= 15 is 0 Å². The minimum absolute atomic E-state index is 0.0972. The molecule has 4 aromatic rings. The Labute approximate surface area is 143 Å². The molecule has 0 saturated heterocycles. The van der Waals surface area contributed by atoms with Crippen LogP contribution in [-0.2, 0) is 0 Å². The second-order valence-electron chi connectivity index (χ2n) is 5.71. The molecule has 6 heteroatoms. The van der Waals surface area contributed by atoms with Gasteiger partial charge in [-0.3, -0.25) is 0 Å². The maximum atomic E-state index is 13.6. The Kier molecular flexibility index (Phi) is 3.65. The molecule has 0 fully saturated rings. The van der Waals surface area contributed by atoms with Gasteiger partial charge in [-0.05, 0) is 43.7 Å². The van der Waals surface area contributed by atoms with Gasteiger partial charge in [-0.2, -0.15) is 0 Å². The lowest BCUT2D eigenvalue weighted by molar-refractivity contribution is 0.411. The van der Waals surface area contributed by atoms with E-state index in [1.54, 1.807) is 24.5 Å². The van der Waals surface area contributed by atoms with E-state index in [2.05, 4.69) is 15.0 Å². The zero-order valence-electron chi connectivity index (χ0n) is 13.8. The van der Waals surface area contributed by atoms with Crippen LogP contribution in [0.5, 0.6) is 11.8 Å². The molecule has 3 heterocycles. The van der Waals surface area contributed by atoms with Crippen molar-refractivity contribution in [3.05, 3.63) is 72.2 Å². The molecule has 124 valence electrons. The Morgan fingerprint density at radius 2 is 1.76 bits per heavy atom. The topological polar surface area (TPSA) is 52.3 Å². The average Bonchev–Trinajstić information content (AvgIpc) is 2.91. The van der Waals surface area contributed by atoms with Crippen molar-refractivity contribution in [1.82, 2.24) is 19.4 Å². The summed E-state index contributed by atoms with van der Waals surface area (Å²) in [6.45, 7) is 4.02. The fourth-order valence-corrected chi connectivity index (χ4v) is 2.61. The lowest BCUT2D eigenvalue weighted by Gasteiger charge is -2.06. The van der Waals surface area contributed by atoms with Crippen LogP contribution in [0, 0.1) is 19.7 Å². The van der Waals surface area contributed by atoms with Crippen LogP contribution >= 0.6 is 0 Å². The second kappa shape index (κ2) is 5.98. The summed E-state index contributed by atoms with van der Waals surface area (Å²) in [6, 6.07) is 10.2. The van der Waals surface area contributed by atoms with Crippen LogP contribution in [0.2, 0.25) is 0 Å². The SMILES string of the molecule is Cc1nc2cc(-c3cnc(Oc4ccccc4F)nc3)ccn2c1C. The number of imidazole rings is 1. The van der Waals surface area contributed by atoms with Crippen LogP contribution < -0.4 is 4.74 Å². The summed E-state index contributed by atoms with van der Waals surface area (Å²) in [5.74, 6) is -0.356. The third-order valence-corrected chi connectivity index (χ3v) is 4.10. The van der Waals surface area contributed by atoms with Gasteiger partial charge in [0.2, 0.25) is 0 Å². The number of ether oxygens (including phenoxy) is 1. The first-order valence-corrected chi connectivity index (χ1v) is 7.82. The zero-order chi connectivity index (χ0) is 17.4. The molecule has 0 saturated carbocycles. The highest BCUT2D eigenvalue weighted by molar-refractivity contribution is 5.66. The van der Waals surface area contributed by atoms with E-state index < -0.39 is 5.82 Å². The van der Waals surface area contributed by atoms with E-state index in [1.165, 1.54) is 12.1 Å². The number of aryl methyl sites for hydroxylation is 2. The number of nitrogens with zero attached hydrogens (tertiary/aromatic N) is 4. The number of pyridine rings is 1. The van der Waals surface area contributed by atoms with Gasteiger partial charge in [0.15, 0.2) is 11.6 Å². The Morgan fingerprint density at radius 3 is 2.52 bits per heavy atom. The number of aromatic nitrogens is 4. The number of hydrogen-bond donors (Lipinski definition) is 0. The lowest BCUT2D eigenvalue weighted by Crippen LogP contribution is -1.94. The molecular weight excluding hydrogens is 319 g/mol. The number of para-hydroxylation sites is 1. The van der Waals surface area contributed by atoms with E-state index in [9.17, 15) is 4.39 Å². The molecule has 0 unspecified atom stereocenters. The monoisotopic (exact) mass is 334 g/mol. The first kappa shape index (κ1) is 15.3. The third-order valence-electron chi connectivity index (χ3n) is 4.10. The van der Waals surface area contributed by atoms with Crippen LogP contribution in [0.4, 0.5) is 4.39 Å². The predicted molar refractivity (Wildman–Crippen MR) is 92.2 cm³/mol. The fourth-order valence-electron chi connectivity index (χ4n) is 2.61. The largest absolute Gasteiger partial charge is 0.421 e. The molecule has 0 atom stereocenters. The van der Waals surface area contributed by atoms with Crippen molar-refractivity contribution in [2.24, 2.45) is 0 Å². The van der Waals surface area contributed by atoms with E-state index in [0.717, 1.165) is 28.2 Å². The number of halogens is 1. The smallest absolute Gasteiger partial charge is 0.321 e. The number of hydrogen-bond acceptors (Lipinski definition) is 4. The van der Waals surface area contributed by atoms with Gasteiger partial charge in [0, 0.05) is 29.8 Å². The molecule has 3 aromatic heterocycles. The third kappa shape index (κ3) is 2.82. The van der Waals surface area contributed by atoms with Crippen molar-refractivity contribution in [2.45, 2.75) is 13.8 Å². The summed E-state index contributed by atoms with van der Waals surface area (Å²) in [5.41, 5.74) is 4.78. The molecule has 0 amide bonds. The summed E-state index contributed by atoms with van der Waals surface area (Å²) in [7, 11) is 0. The van der Waals surface area contributed by atoms with Gasteiger partial charge in [0.05, 0.1) is 5.69 Å².